The first kappa shape index (κ1) is 11.3. The highest BCUT2D eigenvalue weighted by Gasteiger charge is 2.31. The third-order valence-corrected chi connectivity index (χ3v) is 3.58. The zero-order valence-electron chi connectivity index (χ0n) is 10.1. The van der Waals surface area contributed by atoms with E-state index in [1.54, 1.807) is 0 Å². The second kappa shape index (κ2) is 4.13. The number of hydrogen-bond acceptors (Lipinski definition) is 5. The minimum atomic E-state index is -0.263. The molecule has 1 aromatic rings. The average molecular weight is 250 g/mol. The highest BCUT2D eigenvalue weighted by molar-refractivity contribution is 5.50. The quantitative estimate of drug-likeness (QED) is 0.583. The third kappa shape index (κ3) is 1.78. The van der Waals surface area contributed by atoms with Crippen molar-refractivity contribution in [3.8, 4) is 11.5 Å². The molecule has 18 heavy (non-hydrogen) atoms. The van der Waals surface area contributed by atoms with Gasteiger partial charge >= 0.3 is 0 Å². The van der Waals surface area contributed by atoms with Crippen LogP contribution in [0.4, 0.5) is 0 Å². The van der Waals surface area contributed by atoms with Crippen LogP contribution in [0.25, 0.3) is 0 Å². The van der Waals surface area contributed by atoms with Crippen molar-refractivity contribution in [2.45, 2.75) is 12.5 Å². The Kier molecular flexibility index (Phi) is 2.59. The van der Waals surface area contributed by atoms with E-state index in [4.69, 9.17) is 9.47 Å². The van der Waals surface area contributed by atoms with Gasteiger partial charge in [-0.1, -0.05) is 0 Å². The number of rotatable bonds is 2. The van der Waals surface area contributed by atoms with Crippen LogP contribution in [0.2, 0.25) is 0 Å². The van der Waals surface area contributed by atoms with E-state index >= 15 is 0 Å². The summed E-state index contributed by atoms with van der Waals surface area (Å²) in [5.41, 5.74) is 2.12. The summed E-state index contributed by atoms with van der Waals surface area (Å²) < 4.78 is 10.7. The van der Waals surface area contributed by atoms with Crippen molar-refractivity contribution >= 4 is 0 Å². The van der Waals surface area contributed by atoms with E-state index in [2.05, 4.69) is 0 Å². The van der Waals surface area contributed by atoms with Crippen LogP contribution in [0.5, 0.6) is 11.5 Å². The Morgan fingerprint density at radius 3 is 2.89 bits per heavy atom. The summed E-state index contributed by atoms with van der Waals surface area (Å²) in [5.74, 6) is 1.44. The topological polar surface area (TPSA) is 64.8 Å². The minimum Gasteiger partial charge on any atom is -0.454 e. The van der Waals surface area contributed by atoms with Crippen molar-refractivity contribution < 1.29 is 14.4 Å². The van der Waals surface area contributed by atoms with Crippen molar-refractivity contribution in [3.63, 3.8) is 0 Å². The first-order valence-corrected chi connectivity index (χ1v) is 5.89. The molecule has 1 aromatic carbocycles. The van der Waals surface area contributed by atoms with E-state index in [0.717, 1.165) is 29.8 Å². The molecule has 0 saturated heterocycles. The molecule has 2 aliphatic rings. The first-order valence-electron chi connectivity index (χ1n) is 5.89. The third-order valence-electron chi connectivity index (χ3n) is 3.58. The van der Waals surface area contributed by atoms with Crippen LogP contribution in [0.1, 0.15) is 17.2 Å². The van der Waals surface area contributed by atoms with Crippen molar-refractivity contribution in [1.29, 1.82) is 0 Å². The molecule has 3 rings (SSSR count). The fourth-order valence-corrected chi connectivity index (χ4v) is 2.60. The predicted octanol–water partition coefficient (Wildman–Crippen LogP) is 1.22. The van der Waals surface area contributed by atoms with Gasteiger partial charge in [0.25, 0.3) is 0 Å². The second-order valence-electron chi connectivity index (χ2n) is 4.67. The average Bonchev–Trinajstić information content (AvgIpc) is 2.77. The summed E-state index contributed by atoms with van der Waals surface area (Å²) in [6.07, 6.45) is 0.886. The van der Waals surface area contributed by atoms with E-state index in [-0.39, 0.29) is 24.3 Å². The van der Waals surface area contributed by atoms with Gasteiger partial charge in [0, 0.05) is 11.5 Å². The van der Waals surface area contributed by atoms with Crippen LogP contribution in [-0.4, -0.2) is 36.8 Å². The van der Waals surface area contributed by atoms with Gasteiger partial charge in [-0.15, -0.1) is 0 Å². The summed E-state index contributed by atoms with van der Waals surface area (Å²) in [5, 5.41) is 10.8. The SMILES string of the molecule is CN1CCc2cc3c(cc2[C@H]1C[N+](=O)[O-])OCO3. The van der Waals surface area contributed by atoms with Crippen LogP contribution in [0, 0.1) is 10.1 Å². The molecule has 96 valence electrons. The molecule has 0 aromatic heterocycles. The highest BCUT2D eigenvalue weighted by Crippen LogP contribution is 2.39. The second-order valence-corrected chi connectivity index (χ2v) is 4.67. The van der Waals surface area contributed by atoms with Gasteiger partial charge in [-0.05, 0) is 36.7 Å². The standard InChI is InChI=1S/C12H14N2O4/c1-13-3-2-8-4-11-12(18-7-17-11)5-9(8)10(13)6-14(15)16/h4-5,10H,2-3,6-7H2,1H3/t10-/m1/s1. The Hall–Kier alpha value is -1.82. The smallest absolute Gasteiger partial charge is 0.231 e. The van der Waals surface area contributed by atoms with Crippen molar-refractivity contribution in [2.75, 3.05) is 26.9 Å². The zero-order chi connectivity index (χ0) is 12.7. The van der Waals surface area contributed by atoms with Crippen molar-refractivity contribution in [2.24, 2.45) is 0 Å². The molecule has 0 saturated carbocycles. The van der Waals surface area contributed by atoms with Gasteiger partial charge in [-0.25, -0.2) is 0 Å². The molecule has 0 amide bonds. The van der Waals surface area contributed by atoms with E-state index in [0.29, 0.717) is 5.75 Å². The van der Waals surface area contributed by atoms with Crippen LogP contribution in [-0.2, 0) is 6.42 Å². The molecule has 0 unspecified atom stereocenters. The molecule has 6 heteroatoms. The molecular formula is C12H14N2O4. The minimum absolute atomic E-state index is 0.0802. The predicted molar refractivity (Wildman–Crippen MR) is 63.5 cm³/mol. The molecule has 0 spiro atoms. The monoisotopic (exact) mass is 250 g/mol. The van der Waals surface area contributed by atoms with Gasteiger partial charge in [0.05, 0.1) is 0 Å². The largest absolute Gasteiger partial charge is 0.454 e. The Morgan fingerprint density at radius 1 is 1.44 bits per heavy atom. The molecule has 0 N–H and O–H groups in total. The number of likely N-dealkylation sites (N-methyl/N-ethyl adjacent to an activating group) is 1. The molecule has 0 bridgehead atoms. The highest BCUT2D eigenvalue weighted by atomic mass is 16.7. The van der Waals surface area contributed by atoms with Crippen LogP contribution < -0.4 is 9.47 Å². The number of nitrogens with zero attached hydrogens (tertiary/aromatic N) is 2. The van der Waals surface area contributed by atoms with E-state index in [1.807, 2.05) is 24.1 Å². The summed E-state index contributed by atoms with van der Waals surface area (Å²) in [6, 6.07) is 3.66. The number of benzene rings is 1. The van der Waals surface area contributed by atoms with Gasteiger partial charge in [-0.3, -0.25) is 15.0 Å². The van der Waals surface area contributed by atoms with Gasteiger partial charge in [0.2, 0.25) is 13.3 Å². The van der Waals surface area contributed by atoms with Crippen LogP contribution in [0.3, 0.4) is 0 Å². The number of fused-ring (bicyclic) bond motifs is 2. The maximum absolute atomic E-state index is 10.8. The molecule has 2 heterocycles. The van der Waals surface area contributed by atoms with Crippen LogP contribution in [0.15, 0.2) is 12.1 Å². The molecule has 0 aliphatic carbocycles. The van der Waals surface area contributed by atoms with Crippen molar-refractivity contribution in [1.82, 2.24) is 4.90 Å². The zero-order valence-corrected chi connectivity index (χ0v) is 10.1. The lowest BCUT2D eigenvalue weighted by Crippen LogP contribution is -2.36. The molecule has 0 radical (unpaired) electrons. The van der Waals surface area contributed by atoms with Gasteiger partial charge < -0.3 is 9.47 Å². The van der Waals surface area contributed by atoms with Crippen molar-refractivity contribution in [3.05, 3.63) is 33.4 Å². The van der Waals surface area contributed by atoms with Gasteiger partial charge in [0.15, 0.2) is 11.5 Å². The lowest BCUT2D eigenvalue weighted by Gasteiger charge is -2.32. The summed E-state index contributed by atoms with van der Waals surface area (Å²) >= 11 is 0. The van der Waals surface area contributed by atoms with E-state index in [9.17, 15) is 10.1 Å². The molecule has 2 aliphatic heterocycles. The molecule has 0 fully saturated rings. The van der Waals surface area contributed by atoms with Gasteiger partial charge in [-0.2, -0.15) is 0 Å². The Balaban J connectivity index is 2.02. The van der Waals surface area contributed by atoms with Gasteiger partial charge in [0.1, 0.15) is 6.04 Å². The maximum Gasteiger partial charge on any atom is 0.231 e. The maximum atomic E-state index is 10.8. The molecule has 1 atom stereocenters. The lowest BCUT2D eigenvalue weighted by atomic mass is 9.92. The molecular weight excluding hydrogens is 236 g/mol. The van der Waals surface area contributed by atoms with Crippen LogP contribution >= 0.6 is 0 Å². The number of hydrogen-bond donors (Lipinski definition) is 0. The fraction of sp³-hybridized carbons (Fsp3) is 0.500. The summed E-state index contributed by atoms with van der Waals surface area (Å²) in [7, 11) is 1.92. The normalized spacial score (nSPS) is 21.7. The fourth-order valence-electron chi connectivity index (χ4n) is 2.60. The Morgan fingerprint density at radius 2 is 2.17 bits per heavy atom. The summed E-state index contributed by atoms with van der Waals surface area (Å²) in [6.45, 7) is 0.974. The molecule has 6 nitrogen and oxygen atoms in total. The van der Waals surface area contributed by atoms with E-state index in [1.165, 1.54) is 0 Å². The first-order chi connectivity index (χ1) is 8.65. The Labute approximate surface area is 104 Å². The number of ether oxygens (including phenoxy) is 2. The van der Waals surface area contributed by atoms with E-state index < -0.39 is 0 Å². The number of nitro groups is 1. The Bertz CT molecular complexity index is 503. The summed E-state index contributed by atoms with van der Waals surface area (Å²) in [4.78, 5) is 12.5. The lowest BCUT2D eigenvalue weighted by molar-refractivity contribution is -0.488.